The van der Waals surface area contributed by atoms with E-state index in [1.54, 1.807) is 12.1 Å². The Bertz CT molecular complexity index is 491. The van der Waals surface area contributed by atoms with Crippen molar-refractivity contribution in [1.82, 2.24) is 0 Å². The van der Waals surface area contributed by atoms with Gasteiger partial charge in [0, 0.05) is 0 Å². The number of aliphatic hydroxyl groups is 1. The lowest BCUT2D eigenvalue weighted by Gasteiger charge is -2.32. The highest BCUT2D eigenvalue weighted by Crippen LogP contribution is 2.34. The number of aromatic carboxylic acids is 1. The van der Waals surface area contributed by atoms with Crippen molar-refractivity contribution < 1.29 is 24.5 Å². The molecule has 0 heterocycles. The molecular formula is C16H22O5. The predicted octanol–water partition coefficient (Wildman–Crippen LogP) is 2.86. The molecule has 1 aliphatic carbocycles. The SMILES string of the molecule is CCOc1cccc(C(=O)O)c1OCC1(O)CCCCC1. The summed E-state index contributed by atoms with van der Waals surface area (Å²) in [7, 11) is 0. The second kappa shape index (κ2) is 6.80. The van der Waals surface area contributed by atoms with Crippen molar-refractivity contribution in [3.63, 3.8) is 0 Å². The molecule has 0 aliphatic heterocycles. The zero-order valence-corrected chi connectivity index (χ0v) is 12.3. The molecule has 1 saturated carbocycles. The number of carbonyl (C=O) groups is 1. The number of ether oxygens (including phenoxy) is 2. The van der Waals surface area contributed by atoms with Gasteiger partial charge in [-0.25, -0.2) is 4.79 Å². The Morgan fingerprint density at radius 3 is 2.57 bits per heavy atom. The number of rotatable bonds is 6. The van der Waals surface area contributed by atoms with Crippen LogP contribution in [0, 0.1) is 0 Å². The minimum Gasteiger partial charge on any atom is -0.490 e. The second-order valence-corrected chi connectivity index (χ2v) is 5.44. The number of benzene rings is 1. The molecule has 0 aromatic heterocycles. The fourth-order valence-electron chi connectivity index (χ4n) is 2.66. The van der Waals surface area contributed by atoms with Gasteiger partial charge in [0.15, 0.2) is 11.5 Å². The van der Waals surface area contributed by atoms with Gasteiger partial charge >= 0.3 is 5.97 Å². The van der Waals surface area contributed by atoms with Gasteiger partial charge < -0.3 is 19.7 Å². The number of hydrogen-bond acceptors (Lipinski definition) is 4. The van der Waals surface area contributed by atoms with Crippen molar-refractivity contribution >= 4 is 5.97 Å². The van der Waals surface area contributed by atoms with E-state index in [9.17, 15) is 15.0 Å². The fraction of sp³-hybridized carbons (Fsp3) is 0.562. The van der Waals surface area contributed by atoms with Gasteiger partial charge in [0.05, 0.1) is 12.2 Å². The molecule has 1 aromatic carbocycles. The Kier molecular flexibility index (Phi) is 5.07. The van der Waals surface area contributed by atoms with Crippen LogP contribution in [-0.4, -0.2) is 35.0 Å². The van der Waals surface area contributed by atoms with Crippen molar-refractivity contribution in [1.29, 1.82) is 0 Å². The molecule has 1 aliphatic rings. The van der Waals surface area contributed by atoms with Gasteiger partial charge in [0.1, 0.15) is 12.2 Å². The quantitative estimate of drug-likeness (QED) is 0.843. The maximum absolute atomic E-state index is 11.3. The Balaban J connectivity index is 2.18. The topological polar surface area (TPSA) is 76.0 Å². The average molecular weight is 294 g/mol. The van der Waals surface area contributed by atoms with E-state index in [1.165, 1.54) is 6.07 Å². The zero-order chi connectivity index (χ0) is 15.3. The van der Waals surface area contributed by atoms with Crippen molar-refractivity contribution in [3.05, 3.63) is 23.8 Å². The van der Waals surface area contributed by atoms with Crippen molar-refractivity contribution in [3.8, 4) is 11.5 Å². The lowest BCUT2D eigenvalue weighted by molar-refractivity contribution is -0.0347. The third-order valence-corrected chi connectivity index (χ3v) is 3.78. The van der Waals surface area contributed by atoms with Crippen LogP contribution in [0.2, 0.25) is 0 Å². The van der Waals surface area contributed by atoms with Crippen LogP contribution in [0.5, 0.6) is 11.5 Å². The Hall–Kier alpha value is -1.75. The molecule has 0 unspecified atom stereocenters. The summed E-state index contributed by atoms with van der Waals surface area (Å²) >= 11 is 0. The molecule has 1 aromatic rings. The van der Waals surface area contributed by atoms with Gasteiger partial charge in [-0.05, 0) is 31.9 Å². The molecular weight excluding hydrogens is 272 g/mol. The van der Waals surface area contributed by atoms with Crippen LogP contribution in [-0.2, 0) is 0 Å². The number of carboxylic acids is 1. The summed E-state index contributed by atoms with van der Waals surface area (Å²) < 4.78 is 11.1. The largest absolute Gasteiger partial charge is 0.490 e. The summed E-state index contributed by atoms with van der Waals surface area (Å²) in [4.78, 5) is 11.3. The number of para-hydroxylation sites is 1. The Morgan fingerprint density at radius 1 is 1.24 bits per heavy atom. The van der Waals surface area contributed by atoms with E-state index in [0.717, 1.165) is 19.3 Å². The van der Waals surface area contributed by atoms with E-state index in [-0.39, 0.29) is 17.9 Å². The van der Waals surface area contributed by atoms with E-state index < -0.39 is 11.6 Å². The maximum Gasteiger partial charge on any atom is 0.339 e. The third kappa shape index (κ3) is 3.88. The molecule has 0 amide bonds. The summed E-state index contributed by atoms with van der Waals surface area (Å²) in [5, 5.41) is 19.7. The zero-order valence-electron chi connectivity index (χ0n) is 12.3. The highest BCUT2D eigenvalue weighted by Gasteiger charge is 2.31. The van der Waals surface area contributed by atoms with E-state index in [1.807, 2.05) is 6.92 Å². The molecule has 2 rings (SSSR count). The van der Waals surface area contributed by atoms with Crippen LogP contribution in [0.25, 0.3) is 0 Å². The molecule has 0 saturated heterocycles. The summed E-state index contributed by atoms with van der Waals surface area (Å²) in [5.74, 6) is -0.468. The van der Waals surface area contributed by atoms with E-state index in [0.29, 0.717) is 25.2 Å². The first kappa shape index (κ1) is 15.6. The van der Waals surface area contributed by atoms with Crippen molar-refractivity contribution in [2.75, 3.05) is 13.2 Å². The van der Waals surface area contributed by atoms with E-state index >= 15 is 0 Å². The summed E-state index contributed by atoms with van der Waals surface area (Å²) in [5.41, 5.74) is -0.812. The first-order valence-corrected chi connectivity index (χ1v) is 7.40. The minimum absolute atomic E-state index is 0.0559. The third-order valence-electron chi connectivity index (χ3n) is 3.78. The van der Waals surface area contributed by atoms with E-state index in [2.05, 4.69) is 0 Å². The summed E-state index contributed by atoms with van der Waals surface area (Å²) in [6.45, 7) is 2.34. The van der Waals surface area contributed by atoms with Crippen LogP contribution in [0.15, 0.2) is 18.2 Å². The van der Waals surface area contributed by atoms with Crippen molar-refractivity contribution in [2.45, 2.75) is 44.6 Å². The van der Waals surface area contributed by atoms with Crippen LogP contribution < -0.4 is 9.47 Å². The molecule has 0 atom stereocenters. The van der Waals surface area contributed by atoms with Gasteiger partial charge in [0.25, 0.3) is 0 Å². The highest BCUT2D eigenvalue weighted by molar-refractivity contribution is 5.92. The van der Waals surface area contributed by atoms with E-state index in [4.69, 9.17) is 9.47 Å². The molecule has 116 valence electrons. The first-order valence-electron chi connectivity index (χ1n) is 7.40. The van der Waals surface area contributed by atoms with Gasteiger partial charge in [-0.15, -0.1) is 0 Å². The maximum atomic E-state index is 11.3. The summed E-state index contributed by atoms with van der Waals surface area (Å²) in [6.07, 6.45) is 4.44. The molecule has 2 N–H and O–H groups in total. The van der Waals surface area contributed by atoms with Crippen LogP contribution in [0.1, 0.15) is 49.4 Å². The normalized spacial score (nSPS) is 17.2. The second-order valence-electron chi connectivity index (χ2n) is 5.44. The van der Waals surface area contributed by atoms with Crippen LogP contribution in [0.3, 0.4) is 0 Å². The molecule has 5 heteroatoms. The van der Waals surface area contributed by atoms with Crippen LogP contribution in [0.4, 0.5) is 0 Å². The smallest absolute Gasteiger partial charge is 0.339 e. The average Bonchev–Trinajstić information content (AvgIpc) is 2.46. The molecule has 21 heavy (non-hydrogen) atoms. The first-order chi connectivity index (χ1) is 10.1. The predicted molar refractivity (Wildman–Crippen MR) is 78.1 cm³/mol. The number of carboxylic acid groups (broad SMARTS) is 1. The monoisotopic (exact) mass is 294 g/mol. The number of hydrogen-bond donors (Lipinski definition) is 2. The molecule has 5 nitrogen and oxygen atoms in total. The van der Waals surface area contributed by atoms with Crippen molar-refractivity contribution in [2.24, 2.45) is 0 Å². The molecule has 1 fully saturated rings. The minimum atomic E-state index is -1.07. The fourth-order valence-corrected chi connectivity index (χ4v) is 2.66. The molecule has 0 spiro atoms. The lowest BCUT2D eigenvalue weighted by atomic mass is 9.85. The lowest BCUT2D eigenvalue weighted by Crippen LogP contribution is -2.38. The Morgan fingerprint density at radius 2 is 1.95 bits per heavy atom. The molecule has 0 radical (unpaired) electrons. The standard InChI is InChI=1S/C16H22O5/c1-2-20-13-8-6-7-12(15(17)18)14(13)21-11-16(19)9-4-3-5-10-16/h6-8,19H,2-5,9-11H2,1H3,(H,17,18). The van der Waals surface area contributed by atoms with Crippen LogP contribution >= 0.6 is 0 Å². The van der Waals surface area contributed by atoms with Gasteiger partial charge in [-0.2, -0.15) is 0 Å². The van der Waals surface area contributed by atoms with Gasteiger partial charge in [-0.3, -0.25) is 0 Å². The highest BCUT2D eigenvalue weighted by atomic mass is 16.5. The Labute approximate surface area is 124 Å². The molecule has 0 bridgehead atoms. The van der Waals surface area contributed by atoms with Gasteiger partial charge in [0.2, 0.25) is 0 Å². The summed E-state index contributed by atoms with van der Waals surface area (Å²) in [6, 6.07) is 4.78. The van der Waals surface area contributed by atoms with Gasteiger partial charge in [-0.1, -0.05) is 25.3 Å².